The number of nitrogens with one attached hydrogen (secondary N) is 1. The van der Waals surface area contributed by atoms with Crippen LogP contribution in [0, 0.1) is 0 Å². The summed E-state index contributed by atoms with van der Waals surface area (Å²) in [6, 6.07) is 0. The summed E-state index contributed by atoms with van der Waals surface area (Å²) in [6.07, 6.45) is 21.6. The lowest BCUT2D eigenvalue weighted by Gasteiger charge is -2.38. The Hall–Kier alpha value is -1.16. The van der Waals surface area contributed by atoms with Gasteiger partial charge in [-0.1, -0.05) is 51.2 Å². The van der Waals surface area contributed by atoms with Crippen LogP contribution < -0.4 is 5.32 Å². The van der Waals surface area contributed by atoms with Gasteiger partial charge in [0.2, 0.25) is 5.91 Å². The number of allylic oxidation sites excluding steroid dienone is 2. The summed E-state index contributed by atoms with van der Waals surface area (Å²) in [5, 5.41) is 2.95. The zero-order chi connectivity index (χ0) is 19.8. The minimum Gasteiger partial charge on any atom is -0.351 e. The van der Waals surface area contributed by atoms with E-state index in [0.717, 1.165) is 30.7 Å². The Morgan fingerprint density at radius 1 is 1.07 bits per heavy atom. The van der Waals surface area contributed by atoms with Gasteiger partial charge in [0.25, 0.3) is 0 Å². The maximum absolute atomic E-state index is 11.1. The molecule has 1 rings (SSSR count). The lowest BCUT2D eigenvalue weighted by Crippen LogP contribution is -2.55. The highest BCUT2D eigenvalue weighted by Gasteiger charge is 2.37. The Morgan fingerprint density at radius 2 is 1.74 bits per heavy atom. The molecule has 4 nitrogen and oxygen atoms in total. The van der Waals surface area contributed by atoms with E-state index in [-0.39, 0.29) is 5.91 Å². The summed E-state index contributed by atoms with van der Waals surface area (Å²) in [6.45, 7) is 9.96. The van der Waals surface area contributed by atoms with E-state index in [1.807, 2.05) is 0 Å². The first-order valence-corrected chi connectivity index (χ1v) is 11.4. The summed E-state index contributed by atoms with van der Waals surface area (Å²) >= 11 is 0. The fourth-order valence-corrected chi connectivity index (χ4v) is 4.00. The van der Waals surface area contributed by atoms with Gasteiger partial charge < -0.3 is 5.32 Å². The quantitative estimate of drug-likeness (QED) is 0.223. The van der Waals surface area contributed by atoms with Crippen molar-refractivity contribution in [3.8, 4) is 0 Å². The molecule has 0 spiro atoms. The van der Waals surface area contributed by atoms with Gasteiger partial charge in [-0.15, -0.1) is 0 Å². The fraction of sp³-hybridized carbons (Fsp3) is 0.826. The van der Waals surface area contributed by atoms with Crippen LogP contribution in [0.5, 0.6) is 0 Å². The minimum atomic E-state index is 0.0648. The maximum atomic E-state index is 11.1. The number of quaternary nitrogens is 1. The van der Waals surface area contributed by atoms with Gasteiger partial charge in [-0.05, 0) is 39.0 Å². The number of rotatable bonds is 16. The van der Waals surface area contributed by atoms with E-state index in [2.05, 4.69) is 37.5 Å². The number of amides is 1. The molecule has 0 radical (unpaired) electrons. The monoisotopic (exact) mass is 378 g/mol. The number of unbranched alkanes of at least 4 members (excludes halogenated alkanes) is 8. The van der Waals surface area contributed by atoms with Crippen molar-refractivity contribution >= 4 is 12.1 Å². The topological polar surface area (TPSA) is 41.5 Å². The van der Waals surface area contributed by atoms with E-state index in [0.29, 0.717) is 6.17 Å². The van der Waals surface area contributed by atoms with Gasteiger partial charge in [0.1, 0.15) is 6.54 Å². The normalized spacial score (nSPS) is 22.0. The minimum absolute atomic E-state index is 0.0648. The van der Waals surface area contributed by atoms with Crippen LogP contribution in [-0.4, -0.2) is 48.9 Å². The van der Waals surface area contributed by atoms with Gasteiger partial charge in [0, 0.05) is 13.3 Å². The molecule has 2 unspecified atom stereocenters. The largest absolute Gasteiger partial charge is 0.351 e. The van der Waals surface area contributed by atoms with Crippen molar-refractivity contribution < 1.29 is 9.28 Å². The molecule has 0 bridgehead atoms. The van der Waals surface area contributed by atoms with E-state index < -0.39 is 0 Å². The van der Waals surface area contributed by atoms with E-state index in [9.17, 15) is 4.79 Å². The third-order valence-electron chi connectivity index (χ3n) is 5.89. The van der Waals surface area contributed by atoms with Crippen molar-refractivity contribution in [1.29, 1.82) is 0 Å². The van der Waals surface area contributed by atoms with E-state index in [1.54, 1.807) is 6.92 Å². The van der Waals surface area contributed by atoms with Crippen molar-refractivity contribution in [2.75, 3.05) is 26.2 Å². The second kappa shape index (κ2) is 14.8. The molecule has 0 saturated carbocycles. The Kier molecular flexibility index (Phi) is 13.1. The molecule has 1 N–H and O–H groups in total. The number of carbonyl (C=O) groups excluding carboxylic acids is 1. The molecule has 1 heterocycles. The molecule has 0 fully saturated rings. The smallest absolute Gasteiger partial charge is 0.217 e. The van der Waals surface area contributed by atoms with Crippen LogP contribution >= 0.6 is 0 Å². The van der Waals surface area contributed by atoms with Crippen LogP contribution in [0.1, 0.15) is 91.4 Å². The maximum Gasteiger partial charge on any atom is 0.217 e. The molecule has 0 aromatic heterocycles. The lowest BCUT2D eigenvalue weighted by molar-refractivity contribution is -0.935. The van der Waals surface area contributed by atoms with Gasteiger partial charge in [-0.2, -0.15) is 0 Å². The summed E-state index contributed by atoms with van der Waals surface area (Å²) < 4.78 is 1.01. The summed E-state index contributed by atoms with van der Waals surface area (Å²) in [5.74, 6) is 0.0648. The Morgan fingerprint density at radius 3 is 2.37 bits per heavy atom. The SMILES string of the molecule is CCCCCCC/C=C/CCCCCC1N=CC[N+]1(CC)CCNC(C)=O. The van der Waals surface area contributed by atoms with Crippen molar-refractivity contribution in [3.63, 3.8) is 0 Å². The van der Waals surface area contributed by atoms with Crippen LogP contribution in [0.3, 0.4) is 0 Å². The highest BCUT2D eigenvalue weighted by molar-refractivity contribution is 5.72. The fourth-order valence-electron chi connectivity index (χ4n) is 4.00. The first-order valence-electron chi connectivity index (χ1n) is 11.4. The van der Waals surface area contributed by atoms with Crippen LogP contribution in [0.4, 0.5) is 0 Å². The van der Waals surface area contributed by atoms with Gasteiger partial charge in [-0.3, -0.25) is 9.28 Å². The van der Waals surface area contributed by atoms with E-state index >= 15 is 0 Å². The highest BCUT2D eigenvalue weighted by atomic mass is 16.1. The molecule has 1 aliphatic rings. The van der Waals surface area contributed by atoms with E-state index in [1.165, 1.54) is 70.6 Å². The molecule has 4 heteroatoms. The Bertz CT molecular complexity index is 447. The second-order valence-electron chi connectivity index (χ2n) is 8.05. The number of nitrogens with zero attached hydrogens (tertiary/aromatic N) is 2. The lowest BCUT2D eigenvalue weighted by atomic mass is 10.1. The molecule has 0 aromatic carbocycles. The molecular weight excluding hydrogens is 334 g/mol. The van der Waals surface area contributed by atoms with Crippen molar-refractivity contribution in [3.05, 3.63) is 12.2 Å². The third kappa shape index (κ3) is 10.1. The first kappa shape index (κ1) is 23.9. The van der Waals surface area contributed by atoms with Crippen molar-refractivity contribution in [2.24, 2.45) is 4.99 Å². The predicted molar refractivity (Wildman–Crippen MR) is 117 cm³/mol. The third-order valence-corrected chi connectivity index (χ3v) is 5.89. The molecule has 0 aliphatic carbocycles. The standard InChI is InChI=1S/C23H43N3O/c1-4-6-7-8-9-10-11-12-13-14-15-16-17-23-25-19-21-26(23,5-2)20-18-24-22(3)27/h11-12,19,23H,4-10,13-18,20-21H2,1-3H3/p+1/b12-11+. The molecule has 0 saturated heterocycles. The Labute approximate surface area is 168 Å². The molecule has 0 aromatic rings. The molecule has 1 amide bonds. The van der Waals surface area contributed by atoms with Gasteiger partial charge in [0.15, 0.2) is 6.17 Å². The van der Waals surface area contributed by atoms with Crippen molar-refractivity contribution in [1.82, 2.24) is 5.32 Å². The van der Waals surface area contributed by atoms with Gasteiger partial charge >= 0.3 is 0 Å². The van der Waals surface area contributed by atoms with Crippen LogP contribution in [0.2, 0.25) is 0 Å². The highest BCUT2D eigenvalue weighted by Crippen LogP contribution is 2.23. The zero-order valence-corrected chi connectivity index (χ0v) is 18.2. The van der Waals surface area contributed by atoms with Crippen molar-refractivity contribution in [2.45, 2.75) is 97.6 Å². The van der Waals surface area contributed by atoms with Crippen LogP contribution in [0.25, 0.3) is 0 Å². The average Bonchev–Trinajstić information content (AvgIpc) is 3.05. The average molecular weight is 379 g/mol. The number of hydrogen-bond acceptors (Lipinski definition) is 2. The summed E-state index contributed by atoms with van der Waals surface area (Å²) in [7, 11) is 0. The van der Waals surface area contributed by atoms with Gasteiger partial charge in [-0.25, -0.2) is 4.99 Å². The predicted octanol–water partition coefficient (Wildman–Crippen LogP) is 5.24. The molecule has 156 valence electrons. The first-order chi connectivity index (χ1) is 13.1. The van der Waals surface area contributed by atoms with Crippen LogP contribution in [-0.2, 0) is 4.79 Å². The molecule has 2 atom stereocenters. The van der Waals surface area contributed by atoms with E-state index in [4.69, 9.17) is 4.99 Å². The number of hydrogen-bond donors (Lipinski definition) is 1. The molecular formula is C23H44N3O+. The van der Waals surface area contributed by atoms with Crippen LogP contribution in [0.15, 0.2) is 17.1 Å². The number of aliphatic imine (C=N–C) groups is 1. The van der Waals surface area contributed by atoms with Gasteiger partial charge in [0.05, 0.1) is 25.8 Å². The summed E-state index contributed by atoms with van der Waals surface area (Å²) in [5.41, 5.74) is 0. The Balaban J connectivity index is 2.12. The molecule has 27 heavy (non-hydrogen) atoms. The number of likely N-dealkylation sites (N-methyl/N-ethyl adjacent to an activating group) is 1. The molecule has 1 aliphatic heterocycles. The number of carbonyl (C=O) groups is 1. The zero-order valence-electron chi connectivity index (χ0n) is 18.2. The summed E-state index contributed by atoms with van der Waals surface area (Å²) in [4.78, 5) is 15.9. The second-order valence-corrected chi connectivity index (χ2v) is 8.05.